The topological polar surface area (TPSA) is 40.7 Å². The molecular formula is C16H21N3Si. The first-order chi connectivity index (χ1) is 9.51. The Morgan fingerprint density at radius 1 is 1.30 bits per heavy atom. The van der Waals surface area contributed by atoms with Crippen molar-refractivity contribution in [1.29, 1.82) is 0 Å². The molecular weight excluding hydrogens is 262 g/mol. The number of H-pyrrole nitrogens is 1. The molecule has 3 nitrogen and oxygen atoms in total. The van der Waals surface area contributed by atoms with Crippen LogP contribution < -0.4 is 5.32 Å². The third-order valence-electron chi connectivity index (χ3n) is 3.47. The van der Waals surface area contributed by atoms with E-state index < -0.39 is 8.07 Å². The van der Waals surface area contributed by atoms with Gasteiger partial charge in [0.1, 0.15) is 13.9 Å². The van der Waals surface area contributed by atoms with Crippen LogP contribution in [0.4, 0.5) is 0 Å². The van der Waals surface area contributed by atoms with E-state index in [4.69, 9.17) is 0 Å². The Balaban J connectivity index is 1.92. The van der Waals surface area contributed by atoms with Crippen LogP contribution in [0.1, 0.15) is 30.3 Å². The van der Waals surface area contributed by atoms with Gasteiger partial charge in [-0.05, 0) is 37.6 Å². The van der Waals surface area contributed by atoms with Gasteiger partial charge in [0.05, 0.1) is 17.1 Å². The molecule has 1 aromatic carbocycles. The van der Waals surface area contributed by atoms with Crippen LogP contribution in [0.5, 0.6) is 0 Å². The van der Waals surface area contributed by atoms with Gasteiger partial charge in [-0.25, -0.2) is 4.98 Å². The third kappa shape index (κ3) is 2.95. The summed E-state index contributed by atoms with van der Waals surface area (Å²) in [6.45, 7) is 7.88. The van der Waals surface area contributed by atoms with E-state index in [1.165, 1.54) is 12.8 Å². The lowest BCUT2D eigenvalue weighted by Crippen LogP contribution is -2.16. The molecule has 2 heterocycles. The molecule has 20 heavy (non-hydrogen) atoms. The van der Waals surface area contributed by atoms with E-state index in [0.717, 1.165) is 29.0 Å². The van der Waals surface area contributed by atoms with Crippen molar-refractivity contribution in [2.75, 3.05) is 6.54 Å². The molecule has 1 aliphatic rings. The number of nitrogens with zero attached hydrogens (tertiary/aromatic N) is 1. The molecule has 0 saturated carbocycles. The molecule has 1 aliphatic heterocycles. The summed E-state index contributed by atoms with van der Waals surface area (Å²) in [7, 11) is -1.32. The van der Waals surface area contributed by atoms with Crippen LogP contribution in [-0.4, -0.2) is 24.6 Å². The first-order valence-corrected chi connectivity index (χ1v) is 10.8. The summed E-state index contributed by atoms with van der Waals surface area (Å²) in [5.74, 6) is 4.37. The predicted octanol–water partition coefficient (Wildman–Crippen LogP) is 3.22. The monoisotopic (exact) mass is 283 g/mol. The number of imidazole rings is 1. The highest BCUT2D eigenvalue weighted by atomic mass is 28.3. The highest BCUT2D eigenvalue weighted by Gasteiger charge is 2.19. The molecule has 1 saturated heterocycles. The minimum atomic E-state index is -1.32. The summed E-state index contributed by atoms with van der Waals surface area (Å²) in [5.41, 5.74) is 6.61. The fourth-order valence-electron chi connectivity index (χ4n) is 2.45. The second-order valence-corrected chi connectivity index (χ2v) is 11.3. The van der Waals surface area contributed by atoms with Gasteiger partial charge in [0.2, 0.25) is 0 Å². The van der Waals surface area contributed by atoms with Crippen LogP contribution >= 0.6 is 0 Å². The number of aromatic amines is 1. The third-order valence-corrected chi connectivity index (χ3v) is 4.35. The van der Waals surface area contributed by atoms with Crippen LogP contribution in [0.25, 0.3) is 11.0 Å². The van der Waals surface area contributed by atoms with Crippen molar-refractivity contribution >= 4 is 19.1 Å². The summed E-state index contributed by atoms with van der Waals surface area (Å²) in [6.07, 6.45) is 2.40. The van der Waals surface area contributed by atoms with E-state index >= 15 is 0 Å². The minimum Gasteiger partial charge on any atom is -0.341 e. The maximum absolute atomic E-state index is 4.69. The Morgan fingerprint density at radius 2 is 2.15 bits per heavy atom. The molecule has 1 aromatic heterocycles. The van der Waals surface area contributed by atoms with Crippen LogP contribution in [0.3, 0.4) is 0 Å². The quantitative estimate of drug-likeness (QED) is 0.623. The van der Waals surface area contributed by atoms with Gasteiger partial charge >= 0.3 is 0 Å². The van der Waals surface area contributed by atoms with Crippen LogP contribution in [-0.2, 0) is 0 Å². The Morgan fingerprint density at radius 3 is 2.85 bits per heavy atom. The average Bonchev–Trinajstić information content (AvgIpc) is 3.03. The second-order valence-electron chi connectivity index (χ2n) is 6.50. The molecule has 1 fully saturated rings. The SMILES string of the molecule is C[Si](C)(C)C#Cc1ccc2nc(C3CCCN3)[nH]c2c1. The van der Waals surface area contributed by atoms with Gasteiger partial charge in [-0.3, -0.25) is 0 Å². The lowest BCUT2D eigenvalue weighted by Gasteiger charge is -2.04. The van der Waals surface area contributed by atoms with Crippen LogP contribution in [0, 0.1) is 11.5 Å². The van der Waals surface area contributed by atoms with Gasteiger partial charge in [0.25, 0.3) is 0 Å². The largest absolute Gasteiger partial charge is 0.341 e. The lowest BCUT2D eigenvalue weighted by molar-refractivity contribution is 0.614. The Hall–Kier alpha value is -1.57. The average molecular weight is 283 g/mol. The fraction of sp³-hybridized carbons (Fsp3) is 0.438. The number of nitrogens with one attached hydrogen (secondary N) is 2. The Kier molecular flexibility index (Phi) is 3.41. The molecule has 0 aliphatic carbocycles. The summed E-state index contributed by atoms with van der Waals surface area (Å²) in [5, 5.41) is 3.48. The van der Waals surface area contributed by atoms with Gasteiger partial charge in [-0.15, -0.1) is 5.54 Å². The standard InChI is InChI=1S/C16H21N3Si/c1-20(2,3)10-8-12-6-7-13-15(11-12)19-16(18-13)14-5-4-9-17-14/h6-7,11,14,17H,4-5,9H2,1-3H3,(H,18,19). The first-order valence-electron chi connectivity index (χ1n) is 7.27. The molecule has 3 rings (SSSR count). The number of fused-ring (bicyclic) bond motifs is 1. The minimum absolute atomic E-state index is 0.388. The van der Waals surface area contributed by atoms with Gasteiger partial charge in [-0.2, -0.15) is 0 Å². The summed E-state index contributed by atoms with van der Waals surface area (Å²) >= 11 is 0. The predicted molar refractivity (Wildman–Crippen MR) is 86.3 cm³/mol. The molecule has 0 spiro atoms. The second kappa shape index (κ2) is 5.08. The van der Waals surface area contributed by atoms with Gasteiger partial charge in [0.15, 0.2) is 0 Å². The summed E-state index contributed by atoms with van der Waals surface area (Å²) in [4.78, 5) is 8.13. The van der Waals surface area contributed by atoms with Gasteiger partial charge in [-0.1, -0.05) is 25.6 Å². The van der Waals surface area contributed by atoms with Crippen LogP contribution in [0.2, 0.25) is 19.6 Å². The molecule has 4 heteroatoms. The number of benzene rings is 1. The van der Waals surface area contributed by atoms with Crippen molar-refractivity contribution in [3.05, 3.63) is 29.6 Å². The zero-order valence-corrected chi connectivity index (χ0v) is 13.4. The van der Waals surface area contributed by atoms with Crippen molar-refractivity contribution in [1.82, 2.24) is 15.3 Å². The van der Waals surface area contributed by atoms with Gasteiger partial charge in [0, 0.05) is 5.56 Å². The maximum atomic E-state index is 4.69. The van der Waals surface area contributed by atoms with Gasteiger partial charge < -0.3 is 10.3 Å². The smallest absolute Gasteiger partial charge is 0.129 e. The number of aromatic nitrogens is 2. The van der Waals surface area contributed by atoms with E-state index in [9.17, 15) is 0 Å². The normalized spacial score (nSPS) is 19.1. The van der Waals surface area contributed by atoms with Crippen molar-refractivity contribution in [3.8, 4) is 11.5 Å². The van der Waals surface area contributed by atoms with Crippen molar-refractivity contribution in [2.24, 2.45) is 0 Å². The summed E-state index contributed by atoms with van der Waals surface area (Å²) in [6, 6.07) is 6.65. The molecule has 2 N–H and O–H groups in total. The molecule has 0 amide bonds. The fourth-order valence-corrected chi connectivity index (χ4v) is 2.97. The zero-order chi connectivity index (χ0) is 14.2. The molecule has 0 radical (unpaired) electrons. The van der Waals surface area contributed by atoms with E-state index in [1.54, 1.807) is 0 Å². The molecule has 2 aromatic rings. The highest BCUT2D eigenvalue weighted by molar-refractivity contribution is 6.83. The number of hydrogen-bond acceptors (Lipinski definition) is 2. The molecule has 1 unspecified atom stereocenters. The zero-order valence-electron chi connectivity index (χ0n) is 12.4. The van der Waals surface area contributed by atoms with Crippen LogP contribution in [0.15, 0.2) is 18.2 Å². The maximum Gasteiger partial charge on any atom is 0.129 e. The van der Waals surface area contributed by atoms with Crippen molar-refractivity contribution in [2.45, 2.75) is 38.5 Å². The van der Waals surface area contributed by atoms with E-state index in [0.29, 0.717) is 6.04 Å². The number of rotatable bonds is 1. The van der Waals surface area contributed by atoms with Crippen molar-refractivity contribution < 1.29 is 0 Å². The number of hydrogen-bond donors (Lipinski definition) is 2. The Labute approximate surface area is 121 Å². The lowest BCUT2D eigenvalue weighted by atomic mass is 10.2. The van der Waals surface area contributed by atoms with Crippen molar-refractivity contribution in [3.63, 3.8) is 0 Å². The molecule has 1 atom stereocenters. The van der Waals surface area contributed by atoms with E-state index in [-0.39, 0.29) is 0 Å². The molecule has 0 bridgehead atoms. The Bertz CT molecular complexity index is 679. The van der Waals surface area contributed by atoms with E-state index in [1.807, 2.05) is 0 Å². The molecule has 104 valence electrons. The van der Waals surface area contributed by atoms with E-state index in [2.05, 4.69) is 64.6 Å². The first kappa shape index (κ1) is 13.4. The summed E-state index contributed by atoms with van der Waals surface area (Å²) < 4.78 is 0. The highest BCUT2D eigenvalue weighted by Crippen LogP contribution is 2.23.